The Morgan fingerprint density at radius 1 is 1.32 bits per heavy atom. The Labute approximate surface area is 133 Å². The molecular formula is C17H29N3O2. The summed E-state index contributed by atoms with van der Waals surface area (Å²) in [5.41, 5.74) is 1.74. The number of nitrogens with zero attached hydrogens (tertiary/aromatic N) is 3. The highest BCUT2D eigenvalue weighted by Crippen LogP contribution is 2.41. The van der Waals surface area contributed by atoms with E-state index in [9.17, 15) is 5.11 Å². The highest BCUT2D eigenvalue weighted by molar-refractivity contribution is 5.09. The average molecular weight is 307 g/mol. The zero-order chi connectivity index (χ0) is 15.8. The van der Waals surface area contributed by atoms with Crippen LogP contribution in [0.25, 0.3) is 0 Å². The third kappa shape index (κ3) is 3.21. The molecule has 1 atom stereocenters. The summed E-state index contributed by atoms with van der Waals surface area (Å²) in [5.74, 6) is 0. The molecule has 5 heteroatoms. The van der Waals surface area contributed by atoms with E-state index in [1.807, 2.05) is 18.7 Å². The van der Waals surface area contributed by atoms with E-state index < -0.39 is 5.60 Å². The van der Waals surface area contributed by atoms with E-state index in [0.717, 1.165) is 57.4 Å². The zero-order valence-corrected chi connectivity index (χ0v) is 14.1. The normalized spacial score (nSPS) is 29.1. The molecule has 3 rings (SSSR count). The number of likely N-dealkylation sites (tertiary alicyclic amines) is 1. The molecule has 0 saturated carbocycles. The molecule has 0 bridgehead atoms. The monoisotopic (exact) mass is 307 g/mol. The van der Waals surface area contributed by atoms with Gasteiger partial charge < -0.3 is 9.84 Å². The maximum Gasteiger partial charge on any atom is 0.0734 e. The van der Waals surface area contributed by atoms with Gasteiger partial charge in [-0.05, 0) is 38.7 Å². The van der Waals surface area contributed by atoms with E-state index in [2.05, 4.69) is 23.0 Å². The van der Waals surface area contributed by atoms with Crippen LogP contribution in [0.15, 0.2) is 6.07 Å². The van der Waals surface area contributed by atoms with Gasteiger partial charge >= 0.3 is 0 Å². The van der Waals surface area contributed by atoms with Crippen molar-refractivity contribution in [3.8, 4) is 0 Å². The van der Waals surface area contributed by atoms with Crippen molar-refractivity contribution in [1.29, 1.82) is 0 Å². The molecule has 1 aromatic heterocycles. The second-order valence-corrected chi connectivity index (χ2v) is 7.21. The van der Waals surface area contributed by atoms with Gasteiger partial charge in [-0.3, -0.25) is 9.58 Å². The summed E-state index contributed by atoms with van der Waals surface area (Å²) in [6, 6.07) is 2.16. The molecule has 124 valence electrons. The van der Waals surface area contributed by atoms with Gasteiger partial charge in [-0.2, -0.15) is 5.10 Å². The predicted octanol–water partition coefficient (Wildman–Crippen LogP) is 2.01. The van der Waals surface area contributed by atoms with Gasteiger partial charge in [0.05, 0.1) is 29.2 Å². The van der Waals surface area contributed by atoms with Crippen molar-refractivity contribution in [2.45, 2.75) is 63.7 Å². The van der Waals surface area contributed by atoms with Crippen LogP contribution < -0.4 is 0 Å². The van der Waals surface area contributed by atoms with E-state index >= 15 is 0 Å². The van der Waals surface area contributed by atoms with E-state index in [0.29, 0.717) is 6.61 Å². The lowest BCUT2D eigenvalue weighted by atomic mass is 9.76. The van der Waals surface area contributed by atoms with Crippen molar-refractivity contribution in [3.63, 3.8) is 0 Å². The summed E-state index contributed by atoms with van der Waals surface area (Å²) in [6.07, 6.45) is 4.45. The van der Waals surface area contributed by atoms with E-state index in [1.165, 1.54) is 5.69 Å². The van der Waals surface area contributed by atoms with Gasteiger partial charge in [0.2, 0.25) is 0 Å². The van der Waals surface area contributed by atoms with Crippen LogP contribution in [0.4, 0.5) is 0 Å². The second kappa shape index (κ2) is 5.95. The smallest absolute Gasteiger partial charge is 0.0734 e. The summed E-state index contributed by atoms with van der Waals surface area (Å²) >= 11 is 0. The minimum absolute atomic E-state index is 0.0954. The third-order valence-electron chi connectivity index (χ3n) is 5.54. The molecule has 2 saturated heterocycles. The summed E-state index contributed by atoms with van der Waals surface area (Å²) in [6.45, 7) is 7.83. The van der Waals surface area contributed by atoms with Crippen molar-refractivity contribution >= 4 is 0 Å². The van der Waals surface area contributed by atoms with Crippen molar-refractivity contribution in [2.75, 3.05) is 19.7 Å². The molecule has 0 aromatic carbocycles. The fourth-order valence-electron chi connectivity index (χ4n) is 3.98. The van der Waals surface area contributed by atoms with Crippen molar-refractivity contribution < 1.29 is 9.84 Å². The van der Waals surface area contributed by atoms with Crippen molar-refractivity contribution in [2.24, 2.45) is 7.05 Å². The topological polar surface area (TPSA) is 50.5 Å². The number of aromatic nitrogens is 2. The molecule has 22 heavy (non-hydrogen) atoms. The van der Waals surface area contributed by atoms with Gasteiger partial charge in [-0.15, -0.1) is 0 Å². The molecule has 1 N–H and O–H groups in total. The molecule has 0 radical (unpaired) electrons. The van der Waals surface area contributed by atoms with Crippen LogP contribution >= 0.6 is 0 Å². The highest BCUT2D eigenvalue weighted by atomic mass is 16.5. The fourth-order valence-corrected chi connectivity index (χ4v) is 3.98. The maximum absolute atomic E-state index is 10.6. The Morgan fingerprint density at radius 3 is 2.64 bits per heavy atom. The number of piperidine rings is 1. The summed E-state index contributed by atoms with van der Waals surface area (Å²) in [5, 5.41) is 15.1. The minimum atomic E-state index is -0.514. The van der Waals surface area contributed by atoms with Crippen LogP contribution in [0.2, 0.25) is 0 Å². The van der Waals surface area contributed by atoms with Gasteiger partial charge in [-0.25, -0.2) is 0 Å². The van der Waals surface area contributed by atoms with E-state index in [1.54, 1.807) is 0 Å². The highest BCUT2D eigenvalue weighted by Gasteiger charge is 2.45. The van der Waals surface area contributed by atoms with E-state index in [-0.39, 0.29) is 5.60 Å². The van der Waals surface area contributed by atoms with Gasteiger partial charge in [0.1, 0.15) is 0 Å². The first-order valence-corrected chi connectivity index (χ1v) is 8.52. The maximum atomic E-state index is 10.6. The largest absolute Gasteiger partial charge is 0.390 e. The molecule has 2 fully saturated rings. The van der Waals surface area contributed by atoms with Crippen LogP contribution in [0.1, 0.15) is 50.4 Å². The van der Waals surface area contributed by atoms with Gasteiger partial charge in [-0.1, -0.05) is 6.92 Å². The quantitative estimate of drug-likeness (QED) is 0.928. The van der Waals surface area contributed by atoms with Crippen molar-refractivity contribution in [3.05, 3.63) is 17.5 Å². The van der Waals surface area contributed by atoms with Crippen LogP contribution in [0.3, 0.4) is 0 Å². The average Bonchev–Trinajstić information content (AvgIpc) is 2.80. The number of aryl methyl sites for hydroxylation is 2. The van der Waals surface area contributed by atoms with Gasteiger partial charge in [0.25, 0.3) is 0 Å². The van der Waals surface area contributed by atoms with Crippen LogP contribution in [-0.2, 0) is 18.3 Å². The number of aliphatic hydroxyl groups is 1. The predicted molar refractivity (Wildman–Crippen MR) is 85.6 cm³/mol. The van der Waals surface area contributed by atoms with Crippen LogP contribution in [-0.4, -0.2) is 50.7 Å². The standard InChI is InChI=1S/C17H29N3O2/c1-4-16(21)7-10-22-17(13-16)5-8-20(9-6-17)12-15-11-14(2)18-19(15)3/h11,21H,4-10,12-13H2,1-3H3. The Kier molecular flexibility index (Phi) is 4.32. The Hall–Kier alpha value is -0.910. The zero-order valence-electron chi connectivity index (χ0n) is 14.1. The molecular weight excluding hydrogens is 278 g/mol. The minimum Gasteiger partial charge on any atom is -0.390 e. The van der Waals surface area contributed by atoms with Gasteiger partial charge in [0, 0.05) is 33.1 Å². The third-order valence-corrected chi connectivity index (χ3v) is 5.54. The first-order valence-electron chi connectivity index (χ1n) is 8.52. The second-order valence-electron chi connectivity index (χ2n) is 7.21. The number of rotatable bonds is 3. The molecule has 0 aliphatic carbocycles. The summed E-state index contributed by atoms with van der Waals surface area (Å²) in [7, 11) is 2.01. The summed E-state index contributed by atoms with van der Waals surface area (Å²) in [4.78, 5) is 2.48. The Bertz CT molecular complexity index is 520. The molecule has 0 amide bonds. The number of hydrogen-bond donors (Lipinski definition) is 1. The lowest BCUT2D eigenvalue weighted by molar-refractivity contribution is -0.179. The lowest BCUT2D eigenvalue weighted by Crippen LogP contribution is -2.54. The van der Waals surface area contributed by atoms with Crippen molar-refractivity contribution in [1.82, 2.24) is 14.7 Å². The van der Waals surface area contributed by atoms with Crippen LogP contribution in [0, 0.1) is 6.92 Å². The Morgan fingerprint density at radius 2 is 2.05 bits per heavy atom. The SMILES string of the molecule is CCC1(O)CCOC2(CCN(Cc3cc(C)nn3C)CC2)C1. The molecule has 3 heterocycles. The molecule has 2 aliphatic rings. The van der Waals surface area contributed by atoms with Crippen LogP contribution in [0.5, 0.6) is 0 Å². The first kappa shape index (κ1) is 16.0. The molecule has 1 aromatic rings. The summed E-state index contributed by atoms with van der Waals surface area (Å²) < 4.78 is 8.10. The van der Waals surface area contributed by atoms with Gasteiger partial charge in [0.15, 0.2) is 0 Å². The molecule has 5 nitrogen and oxygen atoms in total. The Balaban J connectivity index is 1.59. The van der Waals surface area contributed by atoms with E-state index in [4.69, 9.17) is 4.74 Å². The lowest BCUT2D eigenvalue weighted by Gasteiger charge is -2.49. The molecule has 2 aliphatic heterocycles. The fraction of sp³-hybridized carbons (Fsp3) is 0.824. The number of hydrogen-bond acceptors (Lipinski definition) is 4. The molecule has 1 spiro atoms. The molecule has 1 unspecified atom stereocenters. The number of ether oxygens (including phenoxy) is 1. The first-order chi connectivity index (χ1) is 10.4.